The van der Waals surface area contributed by atoms with E-state index in [1.165, 1.54) is 0 Å². The normalized spacial score (nSPS) is 15.1. The molecule has 1 aliphatic rings. The highest BCUT2D eigenvalue weighted by Crippen LogP contribution is 2.31. The summed E-state index contributed by atoms with van der Waals surface area (Å²) >= 11 is 6.41. The van der Waals surface area contributed by atoms with Crippen molar-refractivity contribution < 1.29 is 14.3 Å². The van der Waals surface area contributed by atoms with E-state index in [9.17, 15) is 4.79 Å². The lowest BCUT2D eigenvalue weighted by Crippen LogP contribution is -2.41. The maximum atomic E-state index is 12.8. The molecule has 1 N–H and O–H groups in total. The molecular weight excluding hydrogens is 414 g/mol. The number of nitrogens with one attached hydrogen (secondary N) is 1. The van der Waals surface area contributed by atoms with Crippen LogP contribution in [-0.4, -0.2) is 34.7 Å². The Morgan fingerprint density at radius 3 is 2.65 bits per heavy atom. The second kappa shape index (κ2) is 8.32. The van der Waals surface area contributed by atoms with E-state index in [0.717, 1.165) is 22.3 Å². The Labute approximate surface area is 184 Å². The van der Waals surface area contributed by atoms with Crippen molar-refractivity contribution in [3.8, 4) is 22.9 Å². The van der Waals surface area contributed by atoms with Crippen LogP contribution in [-0.2, 0) is 11.3 Å². The zero-order chi connectivity index (χ0) is 21.2. The van der Waals surface area contributed by atoms with Crippen LogP contribution in [0.15, 0.2) is 72.8 Å². The molecule has 1 atom stereocenters. The van der Waals surface area contributed by atoms with Gasteiger partial charge >= 0.3 is 0 Å². The van der Waals surface area contributed by atoms with Gasteiger partial charge in [0.2, 0.25) is 5.91 Å². The molecule has 0 spiro atoms. The number of benzene rings is 3. The van der Waals surface area contributed by atoms with E-state index in [4.69, 9.17) is 26.1 Å². The SMILES string of the molecule is O=C(Cn1c(-c2ccccc2Cl)nc2ccccc21)NCC1COc2ccccc2O1. The Balaban J connectivity index is 1.34. The van der Waals surface area contributed by atoms with Gasteiger partial charge in [0.1, 0.15) is 25.1 Å². The molecule has 1 aromatic heterocycles. The Kier molecular flexibility index (Phi) is 5.22. The molecule has 31 heavy (non-hydrogen) atoms. The van der Waals surface area contributed by atoms with Gasteiger partial charge in [-0.25, -0.2) is 4.98 Å². The molecule has 0 aliphatic carbocycles. The Bertz CT molecular complexity index is 1250. The van der Waals surface area contributed by atoms with Crippen LogP contribution in [0.25, 0.3) is 22.4 Å². The molecular formula is C24H20ClN3O3. The van der Waals surface area contributed by atoms with Crippen LogP contribution < -0.4 is 14.8 Å². The summed E-state index contributed by atoms with van der Waals surface area (Å²) in [4.78, 5) is 17.5. The van der Waals surface area contributed by atoms with Crippen molar-refractivity contribution in [3.63, 3.8) is 0 Å². The van der Waals surface area contributed by atoms with Gasteiger partial charge in [-0.2, -0.15) is 0 Å². The molecule has 3 aromatic carbocycles. The second-order valence-corrected chi connectivity index (χ2v) is 7.70. The van der Waals surface area contributed by atoms with Crippen LogP contribution in [0.2, 0.25) is 5.02 Å². The average molecular weight is 434 g/mol. The summed E-state index contributed by atoms with van der Waals surface area (Å²) in [7, 11) is 0. The molecule has 156 valence electrons. The monoisotopic (exact) mass is 433 g/mol. The van der Waals surface area contributed by atoms with E-state index < -0.39 is 0 Å². The third-order valence-corrected chi connectivity index (χ3v) is 5.50. The summed E-state index contributed by atoms with van der Waals surface area (Å²) in [5.41, 5.74) is 2.47. The van der Waals surface area contributed by atoms with Gasteiger partial charge in [0.15, 0.2) is 11.5 Å². The summed E-state index contributed by atoms with van der Waals surface area (Å²) in [6, 6.07) is 22.7. The highest BCUT2D eigenvalue weighted by Gasteiger charge is 2.22. The van der Waals surface area contributed by atoms with Gasteiger partial charge < -0.3 is 19.4 Å². The highest BCUT2D eigenvalue weighted by atomic mass is 35.5. The second-order valence-electron chi connectivity index (χ2n) is 7.29. The lowest BCUT2D eigenvalue weighted by atomic mass is 10.2. The first-order valence-electron chi connectivity index (χ1n) is 10.0. The number of para-hydroxylation sites is 4. The van der Waals surface area contributed by atoms with Crippen LogP contribution in [0, 0.1) is 0 Å². The number of halogens is 1. The zero-order valence-electron chi connectivity index (χ0n) is 16.6. The molecule has 1 aliphatic heterocycles. The maximum Gasteiger partial charge on any atom is 0.240 e. The number of ether oxygens (including phenoxy) is 2. The third-order valence-electron chi connectivity index (χ3n) is 5.17. The van der Waals surface area contributed by atoms with Crippen molar-refractivity contribution in [1.29, 1.82) is 0 Å². The first kappa shape index (κ1) is 19.5. The van der Waals surface area contributed by atoms with Crippen LogP contribution in [0.1, 0.15) is 0 Å². The summed E-state index contributed by atoms with van der Waals surface area (Å²) in [5, 5.41) is 3.54. The lowest BCUT2D eigenvalue weighted by Gasteiger charge is -2.26. The number of aromatic nitrogens is 2. The minimum atomic E-state index is -0.249. The number of carbonyl (C=O) groups is 1. The fourth-order valence-electron chi connectivity index (χ4n) is 3.67. The number of amides is 1. The Morgan fingerprint density at radius 2 is 1.77 bits per heavy atom. The summed E-state index contributed by atoms with van der Waals surface area (Å²) in [5.74, 6) is 1.93. The number of imidazole rings is 1. The van der Waals surface area contributed by atoms with Crippen LogP contribution in [0.4, 0.5) is 0 Å². The van der Waals surface area contributed by atoms with Crippen molar-refractivity contribution in [3.05, 3.63) is 77.8 Å². The van der Waals surface area contributed by atoms with Gasteiger partial charge in [0, 0.05) is 5.56 Å². The molecule has 0 saturated carbocycles. The van der Waals surface area contributed by atoms with E-state index >= 15 is 0 Å². The van der Waals surface area contributed by atoms with E-state index in [1.807, 2.05) is 77.4 Å². The van der Waals surface area contributed by atoms with Crippen LogP contribution in [0.3, 0.4) is 0 Å². The Morgan fingerprint density at radius 1 is 1.03 bits per heavy atom. The molecule has 4 aromatic rings. The maximum absolute atomic E-state index is 12.8. The fourth-order valence-corrected chi connectivity index (χ4v) is 3.89. The van der Waals surface area contributed by atoms with E-state index in [2.05, 4.69) is 5.32 Å². The standard InChI is InChI=1S/C24H20ClN3O3/c25-18-8-2-1-7-17(18)24-27-19-9-3-4-10-20(19)28(24)14-23(29)26-13-16-15-30-21-11-5-6-12-22(21)31-16/h1-12,16H,13-15H2,(H,26,29). The van der Waals surface area contributed by atoms with Gasteiger partial charge in [-0.3, -0.25) is 4.79 Å². The third kappa shape index (κ3) is 3.94. The fraction of sp³-hybridized carbons (Fsp3) is 0.167. The van der Waals surface area contributed by atoms with Crippen molar-refractivity contribution in [1.82, 2.24) is 14.9 Å². The summed E-state index contributed by atoms with van der Waals surface area (Å²) in [6.07, 6.45) is -0.249. The minimum Gasteiger partial charge on any atom is -0.486 e. The number of fused-ring (bicyclic) bond motifs is 2. The quantitative estimate of drug-likeness (QED) is 0.509. The summed E-state index contributed by atoms with van der Waals surface area (Å²) in [6.45, 7) is 0.850. The van der Waals surface area contributed by atoms with Gasteiger partial charge in [-0.05, 0) is 36.4 Å². The summed E-state index contributed by atoms with van der Waals surface area (Å²) < 4.78 is 13.5. The number of hydrogen-bond acceptors (Lipinski definition) is 4. The number of hydrogen-bond donors (Lipinski definition) is 1. The van der Waals surface area contributed by atoms with Gasteiger partial charge in [-0.1, -0.05) is 48.0 Å². The molecule has 0 bridgehead atoms. The molecule has 2 heterocycles. The van der Waals surface area contributed by atoms with Gasteiger partial charge in [-0.15, -0.1) is 0 Å². The molecule has 1 unspecified atom stereocenters. The molecule has 5 rings (SSSR count). The molecule has 6 nitrogen and oxygen atoms in total. The van der Waals surface area contributed by atoms with Crippen molar-refractivity contribution in [2.24, 2.45) is 0 Å². The smallest absolute Gasteiger partial charge is 0.240 e. The first-order valence-corrected chi connectivity index (χ1v) is 10.4. The van der Waals surface area contributed by atoms with Crippen LogP contribution in [0.5, 0.6) is 11.5 Å². The van der Waals surface area contributed by atoms with Crippen LogP contribution >= 0.6 is 11.6 Å². The zero-order valence-corrected chi connectivity index (χ0v) is 17.4. The largest absolute Gasteiger partial charge is 0.486 e. The first-order chi connectivity index (χ1) is 15.2. The molecule has 0 fully saturated rings. The number of carbonyl (C=O) groups excluding carboxylic acids is 1. The minimum absolute atomic E-state index is 0.116. The Hall–Kier alpha value is -3.51. The van der Waals surface area contributed by atoms with Crippen molar-refractivity contribution in [2.75, 3.05) is 13.2 Å². The topological polar surface area (TPSA) is 65.4 Å². The van der Waals surface area contributed by atoms with E-state index in [-0.39, 0.29) is 18.6 Å². The highest BCUT2D eigenvalue weighted by molar-refractivity contribution is 6.33. The predicted octanol–water partition coefficient (Wildman–Crippen LogP) is 4.31. The van der Waals surface area contributed by atoms with E-state index in [1.54, 1.807) is 0 Å². The van der Waals surface area contributed by atoms with E-state index in [0.29, 0.717) is 29.7 Å². The van der Waals surface area contributed by atoms with Gasteiger partial charge in [0.25, 0.3) is 0 Å². The average Bonchev–Trinajstić information content (AvgIpc) is 3.16. The predicted molar refractivity (Wildman–Crippen MR) is 120 cm³/mol. The lowest BCUT2D eigenvalue weighted by molar-refractivity contribution is -0.122. The molecule has 0 saturated heterocycles. The number of nitrogens with zero attached hydrogens (tertiary/aromatic N) is 2. The van der Waals surface area contributed by atoms with Crippen molar-refractivity contribution >= 4 is 28.5 Å². The number of rotatable bonds is 5. The molecule has 0 radical (unpaired) electrons. The molecule has 1 amide bonds. The van der Waals surface area contributed by atoms with Gasteiger partial charge in [0.05, 0.1) is 22.6 Å². The van der Waals surface area contributed by atoms with Crippen molar-refractivity contribution in [2.45, 2.75) is 12.6 Å². The molecule has 7 heteroatoms.